The number of pyridine rings is 4. The summed E-state index contributed by atoms with van der Waals surface area (Å²) in [6.45, 7) is 0. The first-order valence-corrected chi connectivity index (χ1v) is 13.4. The van der Waals surface area contributed by atoms with Crippen LogP contribution in [0.25, 0.3) is 44.8 Å². The van der Waals surface area contributed by atoms with E-state index < -0.39 is 58.2 Å². The van der Waals surface area contributed by atoms with E-state index in [1.54, 1.807) is 24.3 Å². The number of hydrogen-bond acceptors (Lipinski definition) is 6. The van der Waals surface area contributed by atoms with Gasteiger partial charge in [-0.1, -0.05) is 35.4 Å². The summed E-state index contributed by atoms with van der Waals surface area (Å²) in [4.78, 5) is 37.1. The molecule has 0 saturated heterocycles. The van der Waals surface area contributed by atoms with Crippen molar-refractivity contribution in [3.8, 4) is 44.8 Å². The Kier molecular flexibility index (Phi) is 11.3. The summed E-state index contributed by atoms with van der Waals surface area (Å²) >= 11 is 0. The zero-order chi connectivity index (χ0) is 34.5. The van der Waals surface area contributed by atoms with Crippen molar-refractivity contribution >= 4 is 11.9 Å². The number of rotatable bonds is 6. The summed E-state index contributed by atoms with van der Waals surface area (Å²) < 4.78 is 83.5. The van der Waals surface area contributed by atoms with Crippen LogP contribution in [-0.4, -0.2) is 42.1 Å². The van der Waals surface area contributed by atoms with E-state index in [0.717, 1.165) is 24.5 Å². The Balaban J connectivity index is 0.000000216. The molecule has 2 N–H and O–H groups in total. The molecule has 0 aliphatic carbocycles. The standard InChI is InChI=1S/2C17H8F3N2O2.Ir/c2*18-11-8-10(9-4-6-22-13(7-9)17(23)24)14(16(20)15(11)19)12-3-1-2-5-21-12;/h2*1-6,8H,(H,23,24);/q2*-1;+3. The fourth-order valence-electron chi connectivity index (χ4n) is 4.44. The molecule has 4 heterocycles. The summed E-state index contributed by atoms with van der Waals surface area (Å²) in [5, 5.41) is 18.0. The molecule has 0 radical (unpaired) electrons. The number of hydrogen-bond donors (Lipinski definition) is 2. The minimum atomic E-state index is -1.63. The molecule has 6 aromatic rings. The van der Waals surface area contributed by atoms with Gasteiger partial charge in [0.1, 0.15) is 0 Å². The van der Waals surface area contributed by atoms with Gasteiger partial charge in [-0.15, -0.1) is 35.4 Å². The molecular formula is C34H16F6IrN4O4+. The van der Waals surface area contributed by atoms with Gasteiger partial charge in [0.15, 0.2) is 34.9 Å². The Hall–Kier alpha value is -5.79. The van der Waals surface area contributed by atoms with Gasteiger partial charge >= 0.3 is 20.1 Å². The minimum absolute atomic E-state index is 0. The summed E-state index contributed by atoms with van der Waals surface area (Å²) in [6.07, 6.45) is 5.07. The maximum atomic E-state index is 14.4. The van der Waals surface area contributed by atoms with Gasteiger partial charge in [-0.25, -0.2) is 26.3 Å². The Labute approximate surface area is 286 Å². The molecule has 0 atom stereocenters. The summed E-state index contributed by atoms with van der Waals surface area (Å²) in [5.74, 6) is -11.6. The number of aromatic nitrogens is 4. The second-order valence-corrected chi connectivity index (χ2v) is 9.52. The zero-order valence-corrected chi connectivity index (χ0v) is 26.6. The van der Waals surface area contributed by atoms with Crippen LogP contribution in [0, 0.1) is 47.0 Å². The van der Waals surface area contributed by atoms with Crippen LogP contribution < -0.4 is 0 Å². The Morgan fingerprint density at radius 1 is 0.531 bits per heavy atom. The summed E-state index contributed by atoms with van der Waals surface area (Å²) in [7, 11) is 0. The SMILES string of the molecule is O=C(O)c1[c-]c(-c2cc(F)c(F)c(F)c2-c2ccccn2)ccn1.O=C(O)c1[c-]c(-c2cc(F)c(F)c(F)c2-c2ccccn2)ccn1.[Ir+3]. The predicted octanol–water partition coefficient (Wildman–Crippen LogP) is 7.45. The quantitative estimate of drug-likeness (QED) is 0.101. The van der Waals surface area contributed by atoms with Gasteiger partial charge in [-0.05, 0) is 36.7 Å². The van der Waals surface area contributed by atoms with Crippen LogP contribution in [-0.2, 0) is 20.1 Å². The molecule has 0 aliphatic heterocycles. The van der Waals surface area contributed by atoms with Crippen molar-refractivity contribution < 1.29 is 66.2 Å². The van der Waals surface area contributed by atoms with E-state index in [2.05, 4.69) is 32.1 Å². The summed E-state index contributed by atoms with van der Waals surface area (Å²) in [6, 6.07) is 18.3. The van der Waals surface area contributed by atoms with Crippen molar-refractivity contribution in [1.82, 2.24) is 19.9 Å². The molecule has 246 valence electrons. The molecule has 0 amide bonds. The van der Waals surface area contributed by atoms with Gasteiger partial charge in [0.05, 0.1) is 22.8 Å². The second kappa shape index (κ2) is 15.4. The molecule has 49 heavy (non-hydrogen) atoms. The van der Waals surface area contributed by atoms with E-state index in [4.69, 9.17) is 10.2 Å². The molecule has 0 fully saturated rings. The van der Waals surface area contributed by atoms with E-state index >= 15 is 0 Å². The van der Waals surface area contributed by atoms with Crippen molar-refractivity contribution in [2.45, 2.75) is 0 Å². The number of aromatic carboxylic acids is 2. The minimum Gasteiger partial charge on any atom is -0.519 e. The number of halogens is 6. The largest absolute Gasteiger partial charge is 3.00 e. The normalized spacial score (nSPS) is 10.4. The van der Waals surface area contributed by atoms with Crippen LogP contribution in [0.1, 0.15) is 21.0 Å². The van der Waals surface area contributed by atoms with E-state index in [1.807, 2.05) is 0 Å². The van der Waals surface area contributed by atoms with E-state index in [-0.39, 0.29) is 64.9 Å². The molecule has 0 unspecified atom stereocenters. The fraction of sp³-hybridized carbons (Fsp3) is 0. The van der Waals surface area contributed by atoms with Crippen LogP contribution in [0.4, 0.5) is 26.3 Å². The van der Waals surface area contributed by atoms with Gasteiger partial charge in [-0.2, -0.15) is 0 Å². The fourth-order valence-corrected chi connectivity index (χ4v) is 4.44. The first kappa shape index (κ1) is 36.1. The van der Waals surface area contributed by atoms with Gasteiger partial charge in [0.2, 0.25) is 0 Å². The Bertz CT molecular complexity index is 2020. The molecule has 8 nitrogen and oxygen atoms in total. The van der Waals surface area contributed by atoms with Crippen molar-refractivity contribution in [1.29, 1.82) is 0 Å². The van der Waals surface area contributed by atoms with Crippen LogP contribution in [0.3, 0.4) is 0 Å². The molecule has 4 aromatic heterocycles. The molecule has 6 rings (SSSR count). The number of nitrogens with zero attached hydrogens (tertiary/aromatic N) is 4. The third-order valence-electron chi connectivity index (χ3n) is 6.55. The predicted molar refractivity (Wildman–Crippen MR) is 157 cm³/mol. The maximum absolute atomic E-state index is 14.4. The first-order valence-electron chi connectivity index (χ1n) is 13.4. The van der Waals surface area contributed by atoms with E-state index in [1.165, 1.54) is 36.7 Å². The topological polar surface area (TPSA) is 126 Å². The second-order valence-electron chi connectivity index (χ2n) is 9.52. The van der Waals surface area contributed by atoms with Crippen molar-refractivity contribution in [3.63, 3.8) is 0 Å². The van der Waals surface area contributed by atoms with Crippen molar-refractivity contribution in [2.75, 3.05) is 0 Å². The molecule has 0 spiro atoms. The summed E-state index contributed by atoms with van der Waals surface area (Å²) in [5.41, 5.74) is -1.31. The average Bonchev–Trinajstić information content (AvgIpc) is 3.10. The average molecular weight is 851 g/mol. The number of carboxylic acid groups (broad SMARTS) is 2. The molecular weight excluding hydrogens is 835 g/mol. The van der Waals surface area contributed by atoms with Gasteiger partial charge in [0, 0.05) is 23.5 Å². The van der Waals surface area contributed by atoms with Gasteiger partial charge in [0.25, 0.3) is 11.9 Å². The number of carboxylic acids is 2. The Morgan fingerprint density at radius 2 is 0.918 bits per heavy atom. The van der Waals surface area contributed by atoms with Gasteiger partial charge < -0.3 is 19.8 Å². The molecule has 15 heteroatoms. The molecule has 2 aromatic carbocycles. The smallest absolute Gasteiger partial charge is 0.519 e. The molecule has 0 saturated carbocycles. The van der Waals surface area contributed by atoms with Gasteiger partial charge in [-0.3, -0.25) is 19.9 Å². The van der Waals surface area contributed by atoms with Crippen LogP contribution in [0.2, 0.25) is 0 Å². The van der Waals surface area contributed by atoms with Crippen LogP contribution >= 0.6 is 0 Å². The first-order chi connectivity index (χ1) is 23.0. The monoisotopic (exact) mass is 851 g/mol. The van der Waals surface area contributed by atoms with Crippen LogP contribution in [0.15, 0.2) is 85.5 Å². The van der Waals surface area contributed by atoms with Crippen LogP contribution in [0.5, 0.6) is 0 Å². The third kappa shape index (κ3) is 7.69. The Morgan fingerprint density at radius 3 is 1.24 bits per heavy atom. The molecule has 0 bridgehead atoms. The number of benzene rings is 2. The van der Waals surface area contributed by atoms with E-state index in [0.29, 0.717) is 0 Å². The third-order valence-corrected chi connectivity index (χ3v) is 6.55. The van der Waals surface area contributed by atoms with E-state index in [9.17, 15) is 35.9 Å². The maximum Gasteiger partial charge on any atom is 3.00 e. The molecule has 0 aliphatic rings. The number of carbonyl (C=O) groups is 2. The van der Waals surface area contributed by atoms with Crippen molar-refractivity contribution in [2.24, 2.45) is 0 Å². The van der Waals surface area contributed by atoms with Crippen molar-refractivity contribution in [3.05, 3.63) is 144 Å². The zero-order valence-electron chi connectivity index (χ0n) is 24.2.